The number of ether oxygens (including phenoxy) is 1. The molecule has 0 unspecified atom stereocenters. The molecule has 0 aliphatic heterocycles. The minimum absolute atomic E-state index is 0.0757. The second kappa shape index (κ2) is 9.80. The van der Waals surface area contributed by atoms with Gasteiger partial charge in [-0.15, -0.1) is 0 Å². The van der Waals surface area contributed by atoms with Crippen molar-refractivity contribution in [1.29, 1.82) is 0 Å². The number of amides is 1. The Morgan fingerprint density at radius 3 is 2.53 bits per heavy atom. The van der Waals surface area contributed by atoms with E-state index < -0.39 is 10.0 Å². The maximum Gasteiger partial charge on any atom is 0.265 e. The molecule has 0 aromatic heterocycles. The average Bonchev–Trinajstić information content (AvgIpc) is 2.75. The molecule has 0 fully saturated rings. The number of carbonyl (C=O) groups is 1. The number of nitrogens with one attached hydrogen (secondary N) is 2. The van der Waals surface area contributed by atoms with E-state index in [0.717, 1.165) is 24.8 Å². The number of sulfonamides is 1. The summed E-state index contributed by atoms with van der Waals surface area (Å²) in [5, 5.41) is 2.88. The summed E-state index contributed by atoms with van der Waals surface area (Å²) in [4.78, 5) is 12.5. The summed E-state index contributed by atoms with van der Waals surface area (Å²) in [5.41, 5.74) is 3.12. The summed E-state index contributed by atoms with van der Waals surface area (Å²) < 4.78 is 33.6. The number of carbonyl (C=O) groups excluding carboxylic acids is 1. The van der Waals surface area contributed by atoms with Gasteiger partial charge in [0.2, 0.25) is 0 Å². The predicted octanol–water partition coefficient (Wildman–Crippen LogP) is 4.42. The van der Waals surface area contributed by atoms with Crippen molar-refractivity contribution in [2.24, 2.45) is 0 Å². The molecule has 0 heterocycles. The minimum Gasteiger partial charge on any atom is -0.495 e. The van der Waals surface area contributed by atoms with Gasteiger partial charge < -0.3 is 10.1 Å². The molecule has 6 nitrogen and oxygen atoms in total. The molecule has 0 saturated heterocycles. The number of hydrogen-bond donors (Lipinski definition) is 2. The number of rotatable bonds is 8. The fourth-order valence-corrected chi connectivity index (χ4v) is 4.68. The Morgan fingerprint density at radius 1 is 1.10 bits per heavy atom. The zero-order valence-electron chi connectivity index (χ0n) is 17.4. The van der Waals surface area contributed by atoms with Crippen molar-refractivity contribution >= 4 is 21.6 Å². The quantitative estimate of drug-likeness (QED) is 0.610. The monoisotopic (exact) mass is 428 g/mol. The molecule has 0 radical (unpaired) electrons. The number of aryl methyl sites for hydroxylation is 1. The van der Waals surface area contributed by atoms with Gasteiger partial charge in [0.1, 0.15) is 10.6 Å². The van der Waals surface area contributed by atoms with Gasteiger partial charge in [-0.05, 0) is 69.4 Å². The molecule has 160 valence electrons. The van der Waals surface area contributed by atoms with Crippen LogP contribution in [0.2, 0.25) is 0 Å². The van der Waals surface area contributed by atoms with Crippen LogP contribution in [0.3, 0.4) is 0 Å². The fourth-order valence-electron chi connectivity index (χ4n) is 3.43. The van der Waals surface area contributed by atoms with Crippen molar-refractivity contribution in [3.05, 3.63) is 65.2 Å². The van der Waals surface area contributed by atoms with Crippen LogP contribution < -0.4 is 14.8 Å². The van der Waals surface area contributed by atoms with E-state index in [9.17, 15) is 13.2 Å². The molecular formula is C23H28N2O4S. The van der Waals surface area contributed by atoms with Crippen LogP contribution in [0.15, 0.2) is 59.0 Å². The van der Waals surface area contributed by atoms with Crippen LogP contribution in [0.4, 0.5) is 5.69 Å². The number of hydrogen-bond acceptors (Lipinski definition) is 4. The topological polar surface area (TPSA) is 84.5 Å². The Hall–Kier alpha value is -2.80. The Balaban J connectivity index is 1.74. The third-order valence-electron chi connectivity index (χ3n) is 5.14. The van der Waals surface area contributed by atoms with E-state index in [1.807, 2.05) is 19.1 Å². The van der Waals surface area contributed by atoms with E-state index in [2.05, 4.69) is 16.1 Å². The van der Waals surface area contributed by atoms with Gasteiger partial charge in [-0.25, -0.2) is 8.42 Å². The second-order valence-electron chi connectivity index (χ2n) is 7.45. The maximum absolute atomic E-state index is 12.9. The smallest absolute Gasteiger partial charge is 0.265 e. The van der Waals surface area contributed by atoms with Crippen molar-refractivity contribution in [2.45, 2.75) is 43.9 Å². The Bertz CT molecular complexity index is 1030. The molecular weight excluding hydrogens is 400 g/mol. The van der Waals surface area contributed by atoms with Crippen molar-refractivity contribution < 1.29 is 17.9 Å². The first-order valence-corrected chi connectivity index (χ1v) is 11.6. The lowest BCUT2D eigenvalue weighted by atomic mass is 9.97. The molecule has 1 aliphatic rings. The summed E-state index contributed by atoms with van der Waals surface area (Å²) >= 11 is 0. The SMILES string of the molecule is COc1ccc(C(=O)NCCC2=CCCCC2)cc1S(=O)(=O)Nc1ccc(C)cc1. The highest BCUT2D eigenvalue weighted by Crippen LogP contribution is 2.27. The molecule has 7 heteroatoms. The molecule has 0 saturated carbocycles. The second-order valence-corrected chi connectivity index (χ2v) is 9.10. The first-order valence-electron chi connectivity index (χ1n) is 10.1. The van der Waals surface area contributed by atoms with E-state index in [1.54, 1.807) is 18.2 Å². The summed E-state index contributed by atoms with van der Waals surface area (Å²) in [6.45, 7) is 2.45. The van der Waals surface area contributed by atoms with Crippen LogP contribution >= 0.6 is 0 Å². The van der Waals surface area contributed by atoms with Crippen molar-refractivity contribution in [2.75, 3.05) is 18.4 Å². The number of benzene rings is 2. The van der Waals surface area contributed by atoms with E-state index in [-0.39, 0.29) is 22.1 Å². The van der Waals surface area contributed by atoms with Gasteiger partial charge in [-0.2, -0.15) is 0 Å². The van der Waals surface area contributed by atoms with Crippen LogP contribution in [0.5, 0.6) is 5.75 Å². The maximum atomic E-state index is 12.9. The van der Waals surface area contributed by atoms with Crippen molar-refractivity contribution in [1.82, 2.24) is 5.32 Å². The molecule has 0 bridgehead atoms. The number of anilines is 1. The van der Waals surface area contributed by atoms with Crippen LogP contribution in [-0.4, -0.2) is 28.0 Å². The first-order chi connectivity index (χ1) is 14.4. The van der Waals surface area contributed by atoms with Gasteiger partial charge in [-0.3, -0.25) is 9.52 Å². The van der Waals surface area contributed by atoms with Crippen molar-refractivity contribution in [3.8, 4) is 5.75 Å². The Kier molecular flexibility index (Phi) is 7.15. The normalized spacial score (nSPS) is 14.0. The molecule has 2 aromatic carbocycles. The highest BCUT2D eigenvalue weighted by Gasteiger charge is 2.22. The molecule has 1 aliphatic carbocycles. The minimum atomic E-state index is -3.93. The molecule has 2 aromatic rings. The van der Waals surface area contributed by atoms with Gasteiger partial charge in [0.15, 0.2) is 0 Å². The molecule has 30 heavy (non-hydrogen) atoms. The third kappa shape index (κ3) is 5.63. The lowest BCUT2D eigenvalue weighted by Gasteiger charge is -2.14. The summed E-state index contributed by atoms with van der Waals surface area (Å²) in [7, 11) is -2.53. The molecule has 3 rings (SSSR count). The molecule has 0 atom stereocenters. The van der Waals surface area contributed by atoms with Gasteiger partial charge >= 0.3 is 0 Å². The van der Waals surface area contributed by atoms with Gasteiger partial charge in [-0.1, -0.05) is 29.3 Å². The largest absolute Gasteiger partial charge is 0.495 e. The standard InChI is InChI=1S/C23H28N2O4S/c1-17-8-11-20(12-9-17)25-30(27,28)22-16-19(10-13-21(22)29-2)23(26)24-15-14-18-6-4-3-5-7-18/h6,8-13,16,25H,3-5,7,14-15H2,1-2H3,(H,24,26). The summed E-state index contributed by atoms with van der Waals surface area (Å²) in [6.07, 6.45) is 7.71. The summed E-state index contributed by atoms with van der Waals surface area (Å²) in [5.74, 6) is -0.126. The predicted molar refractivity (Wildman–Crippen MR) is 118 cm³/mol. The van der Waals surface area contributed by atoms with E-state index in [0.29, 0.717) is 12.2 Å². The fraction of sp³-hybridized carbons (Fsp3) is 0.348. The van der Waals surface area contributed by atoms with Crippen LogP contribution in [0.25, 0.3) is 0 Å². The first kappa shape index (κ1) is 21.9. The van der Waals surface area contributed by atoms with Gasteiger partial charge in [0.25, 0.3) is 15.9 Å². The molecule has 0 spiro atoms. The number of methoxy groups -OCH3 is 1. The van der Waals surface area contributed by atoms with Gasteiger partial charge in [0.05, 0.1) is 7.11 Å². The van der Waals surface area contributed by atoms with E-state index in [4.69, 9.17) is 4.74 Å². The van der Waals surface area contributed by atoms with Crippen molar-refractivity contribution in [3.63, 3.8) is 0 Å². The van der Waals surface area contributed by atoms with E-state index in [1.165, 1.54) is 37.7 Å². The molecule has 2 N–H and O–H groups in total. The summed E-state index contributed by atoms with van der Waals surface area (Å²) in [6, 6.07) is 11.4. The zero-order chi connectivity index (χ0) is 21.6. The third-order valence-corrected chi connectivity index (χ3v) is 6.54. The zero-order valence-corrected chi connectivity index (χ0v) is 18.2. The lowest BCUT2D eigenvalue weighted by molar-refractivity contribution is 0.0953. The highest BCUT2D eigenvalue weighted by atomic mass is 32.2. The van der Waals surface area contributed by atoms with Crippen LogP contribution in [0.1, 0.15) is 48.0 Å². The molecule has 1 amide bonds. The highest BCUT2D eigenvalue weighted by molar-refractivity contribution is 7.92. The van der Waals surface area contributed by atoms with Crippen LogP contribution in [0, 0.1) is 6.92 Å². The number of allylic oxidation sites excluding steroid dienone is 1. The van der Waals surface area contributed by atoms with E-state index >= 15 is 0 Å². The lowest BCUT2D eigenvalue weighted by Crippen LogP contribution is -2.25. The Labute approximate surface area is 178 Å². The van der Waals surface area contributed by atoms with Crippen LogP contribution in [-0.2, 0) is 10.0 Å². The average molecular weight is 429 g/mol. The Morgan fingerprint density at radius 2 is 1.87 bits per heavy atom. The van der Waals surface area contributed by atoms with Gasteiger partial charge in [0, 0.05) is 17.8 Å².